The van der Waals surface area contributed by atoms with Gasteiger partial charge in [0.15, 0.2) is 0 Å². The van der Waals surface area contributed by atoms with E-state index >= 15 is 0 Å². The van der Waals surface area contributed by atoms with E-state index in [0.29, 0.717) is 5.69 Å². The number of imidazole rings is 1. The molecule has 2 aromatic rings. The molecule has 1 heterocycles. The minimum atomic E-state index is -3.98. The third kappa shape index (κ3) is 4.63. The van der Waals surface area contributed by atoms with Gasteiger partial charge in [0.25, 0.3) is 0 Å². The van der Waals surface area contributed by atoms with Crippen LogP contribution in [0.1, 0.15) is 6.92 Å². The van der Waals surface area contributed by atoms with Crippen molar-refractivity contribution in [2.75, 3.05) is 18.5 Å². The second-order valence-corrected chi connectivity index (χ2v) is 6.28. The van der Waals surface area contributed by atoms with Gasteiger partial charge in [-0.05, 0) is 24.6 Å². The van der Waals surface area contributed by atoms with Gasteiger partial charge in [-0.15, -0.1) is 6.58 Å². The minimum absolute atomic E-state index is 0.103. The van der Waals surface area contributed by atoms with E-state index in [-0.39, 0.29) is 18.7 Å². The predicted octanol–water partition coefficient (Wildman–Crippen LogP) is 3.25. The Balaban J connectivity index is 2.19. The molecule has 1 unspecified atom stereocenters. The van der Waals surface area contributed by atoms with Crippen molar-refractivity contribution in [3.63, 3.8) is 0 Å². The molecule has 0 bridgehead atoms. The summed E-state index contributed by atoms with van der Waals surface area (Å²) in [7, 11) is -3.98. The van der Waals surface area contributed by atoms with Crippen molar-refractivity contribution >= 4 is 18.9 Å². The number of nitrogens with one attached hydrogen (secondary N) is 2. The molecule has 7 nitrogen and oxygen atoms in total. The summed E-state index contributed by atoms with van der Waals surface area (Å²) in [6, 6.07) is 7.30. The summed E-state index contributed by atoms with van der Waals surface area (Å²) < 4.78 is 17.1. The number of aliphatic imine (C=N–C) groups is 1. The number of H-pyrrole nitrogens is 1. The first-order chi connectivity index (χ1) is 11.1. The van der Waals surface area contributed by atoms with Crippen molar-refractivity contribution in [3.05, 3.63) is 49.4 Å². The van der Waals surface area contributed by atoms with Crippen molar-refractivity contribution in [2.45, 2.75) is 6.92 Å². The van der Waals surface area contributed by atoms with E-state index < -0.39 is 7.60 Å². The maximum atomic E-state index is 12.2. The summed E-state index contributed by atoms with van der Waals surface area (Å²) in [6.45, 7) is 5.52. The molecule has 0 saturated carbocycles. The van der Waals surface area contributed by atoms with E-state index in [1.54, 1.807) is 31.6 Å². The fraction of sp³-hybridized carbons (Fsp3) is 0.200. The van der Waals surface area contributed by atoms with E-state index in [2.05, 4.69) is 26.9 Å². The van der Waals surface area contributed by atoms with Gasteiger partial charge in [-0.2, -0.15) is 0 Å². The molecule has 0 aliphatic carbocycles. The molecular formula is C15H19N4O3P. The fourth-order valence-corrected chi connectivity index (χ4v) is 2.87. The molecule has 0 radical (unpaired) electrons. The SMILES string of the molecule is C=CCN=C(Nc1ccc(-c2cnc[nH]2)cc1)P(=O)(O)OCC. The quantitative estimate of drug-likeness (QED) is 0.312. The first-order valence-electron chi connectivity index (χ1n) is 7.06. The number of anilines is 1. The summed E-state index contributed by atoms with van der Waals surface area (Å²) in [5.41, 5.74) is 2.37. The average Bonchev–Trinajstić information content (AvgIpc) is 3.06. The van der Waals surface area contributed by atoms with Gasteiger partial charge in [-0.1, -0.05) is 18.2 Å². The topological polar surface area (TPSA) is 99.6 Å². The van der Waals surface area contributed by atoms with Crippen LogP contribution in [-0.4, -0.2) is 33.6 Å². The molecule has 0 amide bonds. The van der Waals surface area contributed by atoms with E-state index in [0.717, 1.165) is 11.3 Å². The molecule has 1 aromatic carbocycles. The number of rotatable bonds is 7. The Bertz CT molecular complexity index is 711. The van der Waals surface area contributed by atoms with Crippen molar-refractivity contribution in [2.24, 2.45) is 4.99 Å². The Hall–Kier alpha value is -2.21. The lowest BCUT2D eigenvalue weighted by Gasteiger charge is -2.15. The van der Waals surface area contributed by atoms with Gasteiger partial charge in [0.05, 0.1) is 31.4 Å². The van der Waals surface area contributed by atoms with Gasteiger partial charge < -0.3 is 19.7 Å². The molecule has 0 spiro atoms. The number of aromatic nitrogens is 2. The van der Waals surface area contributed by atoms with Crippen LogP contribution in [0.2, 0.25) is 0 Å². The highest BCUT2D eigenvalue weighted by molar-refractivity contribution is 7.71. The molecule has 3 N–H and O–H groups in total. The van der Waals surface area contributed by atoms with Crippen molar-refractivity contribution < 1.29 is 14.0 Å². The molecule has 23 heavy (non-hydrogen) atoms. The number of hydrogen-bond donors (Lipinski definition) is 3. The molecule has 122 valence electrons. The minimum Gasteiger partial charge on any atom is -0.345 e. The Kier molecular flexibility index (Phi) is 5.87. The number of hydrogen-bond acceptors (Lipinski definition) is 4. The molecule has 0 aliphatic heterocycles. The lowest BCUT2D eigenvalue weighted by molar-refractivity contribution is 0.286. The molecule has 1 aromatic heterocycles. The predicted molar refractivity (Wildman–Crippen MR) is 91.6 cm³/mol. The van der Waals surface area contributed by atoms with Crippen LogP contribution in [0.3, 0.4) is 0 Å². The monoisotopic (exact) mass is 334 g/mol. The highest BCUT2D eigenvalue weighted by Crippen LogP contribution is 2.43. The highest BCUT2D eigenvalue weighted by Gasteiger charge is 2.27. The average molecular weight is 334 g/mol. The van der Waals surface area contributed by atoms with E-state index in [4.69, 9.17) is 4.52 Å². The van der Waals surface area contributed by atoms with Crippen molar-refractivity contribution in [1.82, 2.24) is 9.97 Å². The van der Waals surface area contributed by atoms with Crippen LogP contribution in [0.5, 0.6) is 0 Å². The lowest BCUT2D eigenvalue weighted by Crippen LogP contribution is -2.15. The zero-order chi connectivity index (χ0) is 16.7. The van der Waals surface area contributed by atoms with Crippen LogP contribution in [0.4, 0.5) is 5.69 Å². The normalized spacial score (nSPS) is 14.3. The van der Waals surface area contributed by atoms with E-state index in [1.807, 2.05) is 12.1 Å². The van der Waals surface area contributed by atoms with Crippen LogP contribution in [0, 0.1) is 0 Å². The second-order valence-electron chi connectivity index (χ2n) is 4.56. The summed E-state index contributed by atoms with van der Waals surface area (Å²) in [5.74, 6) is 0. The Morgan fingerprint density at radius 2 is 2.26 bits per heavy atom. The number of aromatic amines is 1. The summed E-state index contributed by atoms with van der Waals surface area (Å²) in [5, 5.41) is 2.85. The summed E-state index contributed by atoms with van der Waals surface area (Å²) in [6.07, 6.45) is 4.86. The van der Waals surface area contributed by atoms with Gasteiger partial charge in [-0.25, -0.2) is 4.98 Å². The van der Waals surface area contributed by atoms with Crippen molar-refractivity contribution in [3.8, 4) is 11.3 Å². The van der Waals surface area contributed by atoms with E-state index in [1.165, 1.54) is 6.08 Å². The fourth-order valence-electron chi connectivity index (χ4n) is 1.86. The maximum absolute atomic E-state index is 12.2. The first-order valence-corrected chi connectivity index (χ1v) is 8.63. The highest BCUT2D eigenvalue weighted by atomic mass is 31.2. The standard InChI is InChI=1S/C15H19N4O3P/c1-3-9-17-15(23(20,21)22-4-2)19-13-7-5-12(6-8-13)14-10-16-11-18-14/h3,5-8,10-11H,1,4,9H2,2H3,(H,16,18)(H,17,19)(H,20,21). The Labute approximate surface area is 134 Å². The van der Waals surface area contributed by atoms with Gasteiger partial charge in [0, 0.05) is 5.69 Å². The first kappa shape index (κ1) is 17.1. The third-order valence-electron chi connectivity index (χ3n) is 2.89. The Morgan fingerprint density at radius 3 is 2.83 bits per heavy atom. The van der Waals surface area contributed by atoms with Crippen LogP contribution in [0.25, 0.3) is 11.3 Å². The van der Waals surface area contributed by atoms with Crippen molar-refractivity contribution in [1.29, 1.82) is 0 Å². The largest absolute Gasteiger partial charge is 0.393 e. The molecule has 0 fully saturated rings. The molecular weight excluding hydrogens is 315 g/mol. The molecule has 2 rings (SSSR count). The number of nitrogens with zero attached hydrogens (tertiary/aromatic N) is 2. The maximum Gasteiger partial charge on any atom is 0.393 e. The van der Waals surface area contributed by atoms with Crippen LogP contribution in [0.15, 0.2) is 54.4 Å². The molecule has 8 heteroatoms. The number of amidine groups is 1. The summed E-state index contributed by atoms with van der Waals surface area (Å²) >= 11 is 0. The zero-order valence-corrected chi connectivity index (χ0v) is 13.7. The van der Waals surface area contributed by atoms with Crippen LogP contribution >= 0.6 is 7.60 Å². The lowest BCUT2D eigenvalue weighted by atomic mass is 10.1. The van der Waals surface area contributed by atoms with E-state index in [9.17, 15) is 9.46 Å². The zero-order valence-electron chi connectivity index (χ0n) is 12.8. The molecule has 0 aliphatic rings. The molecule has 1 atom stereocenters. The second kappa shape index (κ2) is 7.87. The van der Waals surface area contributed by atoms with Gasteiger partial charge in [-0.3, -0.25) is 9.56 Å². The molecule has 0 saturated heterocycles. The van der Waals surface area contributed by atoms with Gasteiger partial charge >= 0.3 is 7.60 Å². The third-order valence-corrected chi connectivity index (χ3v) is 4.29. The van der Waals surface area contributed by atoms with Crippen LogP contribution in [-0.2, 0) is 9.09 Å². The smallest absolute Gasteiger partial charge is 0.345 e. The number of benzene rings is 1. The van der Waals surface area contributed by atoms with Gasteiger partial charge in [0.1, 0.15) is 0 Å². The summed E-state index contributed by atoms with van der Waals surface area (Å²) in [4.78, 5) is 21.0. The van der Waals surface area contributed by atoms with Crippen LogP contribution < -0.4 is 5.32 Å². The Morgan fingerprint density at radius 1 is 1.52 bits per heavy atom. The van der Waals surface area contributed by atoms with Gasteiger partial charge in [0.2, 0.25) is 5.58 Å².